The summed E-state index contributed by atoms with van der Waals surface area (Å²) in [4.78, 5) is 11.9. The Morgan fingerprint density at radius 3 is 3.00 bits per heavy atom. The van der Waals surface area contributed by atoms with Crippen molar-refractivity contribution in [2.45, 2.75) is 25.7 Å². The predicted octanol–water partition coefficient (Wildman–Crippen LogP) is 2.46. The van der Waals surface area contributed by atoms with E-state index >= 15 is 0 Å². The van der Waals surface area contributed by atoms with Gasteiger partial charge in [-0.15, -0.1) is 0 Å². The number of nitriles is 1. The molecule has 1 fully saturated rings. The molecular weight excluding hydrogens is 268 g/mol. The number of ether oxygens (including phenoxy) is 1. The van der Waals surface area contributed by atoms with Gasteiger partial charge >= 0.3 is 0 Å². The van der Waals surface area contributed by atoms with Crippen molar-refractivity contribution >= 4 is 12.0 Å². The van der Waals surface area contributed by atoms with Gasteiger partial charge in [-0.25, -0.2) is 0 Å². The van der Waals surface area contributed by atoms with E-state index in [1.165, 1.54) is 6.08 Å². The molecule has 2 atom stereocenters. The van der Waals surface area contributed by atoms with Crippen LogP contribution in [0.4, 0.5) is 0 Å². The lowest BCUT2D eigenvalue weighted by Gasteiger charge is -2.03. The number of nitrogens with zero attached hydrogens (tertiary/aromatic N) is 1. The molecule has 0 bridgehead atoms. The van der Waals surface area contributed by atoms with Gasteiger partial charge in [-0.3, -0.25) is 4.79 Å². The molecule has 1 saturated carbocycles. The van der Waals surface area contributed by atoms with Crippen molar-refractivity contribution in [3.63, 3.8) is 0 Å². The second-order valence-corrected chi connectivity index (χ2v) is 5.33. The number of carbonyl (C=O) groups excluding carboxylic acids is 1. The number of hydrogen-bond donors (Lipinski definition) is 1. The first-order valence-corrected chi connectivity index (χ1v) is 7.14. The molecular formula is C16H20N2O3. The second-order valence-electron chi connectivity index (χ2n) is 5.33. The first-order valence-electron chi connectivity index (χ1n) is 7.14. The maximum atomic E-state index is 11.9. The number of methoxy groups -OCH3 is 1. The molecule has 0 aromatic carbocycles. The van der Waals surface area contributed by atoms with Gasteiger partial charge < -0.3 is 14.5 Å². The molecule has 1 aliphatic rings. The summed E-state index contributed by atoms with van der Waals surface area (Å²) in [5.74, 6) is 2.25. The lowest BCUT2D eigenvalue weighted by atomic mass is 10.2. The number of nitrogens with one attached hydrogen (secondary N) is 1. The van der Waals surface area contributed by atoms with Gasteiger partial charge in [-0.05, 0) is 30.9 Å². The van der Waals surface area contributed by atoms with Crippen LogP contribution >= 0.6 is 0 Å². The van der Waals surface area contributed by atoms with E-state index in [1.807, 2.05) is 12.1 Å². The van der Waals surface area contributed by atoms with E-state index in [9.17, 15) is 4.79 Å². The standard InChI is InChI=1S/C16H20N2O3/c1-11-8-14(11)15-5-4-13(21-15)9-12(10-17)16(19)18-6-3-7-20-2/h4-5,9,11,14H,3,6-8H2,1-2H3,(H,18,19)/b12-9+/t11-,14-/m1/s1. The van der Waals surface area contributed by atoms with Gasteiger partial charge in [0.15, 0.2) is 0 Å². The highest BCUT2D eigenvalue weighted by molar-refractivity contribution is 6.01. The van der Waals surface area contributed by atoms with Crippen molar-refractivity contribution in [3.8, 4) is 6.07 Å². The molecule has 1 aromatic heterocycles. The van der Waals surface area contributed by atoms with Crippen LogP contribution in [0, 0.1) is 17.2 Å². The van der Waals surface area contributed by atoms with Crippen molar-refractivity contribution in [3.05, 3.63) is 29.2 Å². The Hall–Kier alpha value is -2.06. The van der Waals surface area contributed by atoms with Crippen LogP contribution in [0.2, 0.25) is 0 Å². The van der Waals surface area contributed by atoms with Gasteiger partial charge in [0.25, 0.3) is 5.91 Å². The number of rotatable bonds is 7. The molecule has 1 amide bonds. The van der Waals surface area contributed by atoms with E-state index in [4.69, 9.17) is 14.4 Å². The third kappa shape index (κ3) is 4.20. The summed E-state index contributed by atoms with van der Waals surface area (Å²) in [6.45, 7) is 3.23. The third-order valence-corrected chi connectivity index (χ3v) is 3.58. The molecule has 0 spiro atoms. The Bertz CT molecular complexity index is 568. The highest BCUT2D eigenvalue weighted by Crippen LogP contribution is 2.47. The van der Waals surface area contributed by atoms with Crippen molar-refractivity contribution in [2.75, 3.05) is 20.3 Å². The predicted molar refractivity (Wildman–Crippen MR) is 78.3 cm³/mol. The molecule has 0 aliphatic heterocycles. The largest absolute Gasteiger partial charge is 0.461 e. The zero-order chi connectivity index (χ0) is 15.2. The Morgan fingerprint density at radius 1 is 1.62 bits per heavy atom. The molecule has 1 aromatic rings. The number of amides is 1. The summed E-state index contributed by atoms with van der Waals surface area (Å²) < 4.78 is 10.6. The first kappa shape index (κ1) is 15.3. The van der Waals surface area contributed by atoms with E-state index in [0.717, 1.165) is 12.2 Å². The number of hydrogen-bond acceptors (Lipinski definition) is 4. The van der Waals surface area contributed by atoms with Gasteiger partial charge in [0.05, 0.1) is 0 Å². The summed E-state index contributed by atoms with van der Waals surface area (Å²) in [5, 5.41) is 11.8. The molecule has 0 radical (unpaired) electrons. The quantitative estimate of drug-likeness (QED) is 0.475. The highest BCUT2D eigenvalue weighted by atomic mass is 16.5. The molecule has 5 nitrogen and oxygen atoms in total. The summed E-state index contributed by atoms with van der Waals surface area (Å²) in [6, 6.07) is 5.64. The fourth-order valence-electron chi connectivity index (χ4n) is 2.17. The minimum absolute atomic E-state index is 0.0529. The average Bonchev–Trinajstić information content (AvgIpc) is 3.02. The van der Waals surface area contributed by atoms with Crippen molar-refractivity contribution in [2.24, 2.45) is 5.92 Å². The molecule has 1 N–H and O–H groups in total. The normalized spacial score (nSPS) is 20.9. The average molecular weight is 288 g/mol. The third-order valence-electron chi connectivity index (χ3n) is 3.58. The molecule has 1 aliphatic carbocycles. The Labute approximate surface area is 124 Å². The molecule has 2 rings (SSSR count). The molecule has 21 heavy (non-hydrogen) atoms. The van der Waals surface area contributed by atoms with Crippen molar-refractivity contribution in [1.82, 2.24) is 5.32 Å². The number of carbonyl (C=O) groups is 1. The Kier molecular flexibility index (Phi) is 5.18. The van der Waals surface area contributed by atoms with Crippen LogP contribution in [0.25, 0.3) is 6.08 Å². The lowest BCUT2D eigenvalue weighted by Crippen LogP contribution is -2.26. The van der Waals surface area contributed by atoms with Crippen LogP contribution < -0.4 is 5.32 Å². The van der Waals surface area contributed by atoms with E-state index in [2.05, 4.69) is 12.2 Å². The second kappa shape index (κ2) is 7.09. The summed E-state index contributed by atoms with van der Waals surface area (Å²) in [5.41, 5.74) is 0.0529. The summed E-state index contributed by atoms with van der Waals surface area (Å²) >= 11 is 0. The van der Waals surface area contributed by atoms with Gasteiger partial charge in [-0.1, -0.05) is 6.92 Å². The van der Waals surface area contributed by atoms with E-state index in [-0.39, 0.29) is 11.5 Å². The molecule has 5 heteroatoms. The van der Waals surface area contributed by atoms with Crippen molar-refractivity contribution in [1.29, 1.82) is 5.26 Å². The first-order chi connectivity index (χ1) is 10.2. The Morgan fingerprint density at radius 2 is 2.38 bits per heavy atom. The fourth-order valence-corrected chi connectivity index (χ4v) is 2.17. The SMILES string of the molecule is COCCCNC(=O)/C(C#N)=C/c1ccc([C@@H]2C[C@H]2C)o1. The van der Waals surface area contributed by atoms with Gasteiger partial charge in [0.2, 0.25) is 0 Å². The van der Waals surface area contributed by atoms with E-state index in [1.54, 1.807) is 13.2 Å². The van der Waals surface area contributed by atoms with Crippen LogP contribution in [0.15, 0.2) is 22.1 Å². The fraction of sp³-hybridized carbons (Fsp3) is 0.500. The minimum atomic E-state index is -0.383. The number of furan rings is 1. The lowest BCUT2D eigenvalue weighted by molar-refractivity contribution is -0.117. The highest BCUT2D eigenvalue weighted by Gasteiger charge is 2.36. The molecule has 0 unspecified atom stereocenters. The van der Waals surface area contributed by atoms with Crippen LogP contribution in [0.5, 0.6) is 0 Å². The van der Waals surface area contributed by atoms with Crippen LogP contribution in [-0.2, 0) is 9.53 Å². The topological polar surface area (TPSA) is 75.3 Å². The molecule has 112 valence electrons. The minimum Gasteiger partial charge on any atom is -0.461 e. The van der Waals surface area contributed by atoms with Crippen LogP contribution in [0.1, 0.15) is 37.2 Å². The zero-order valence-electron chi connectivity index (χ0n) is 12.4. The Balaban J connectivity index is 1.94. The van der Waals surface area contributed by atoms with E-state index in [0.29, 0.717) is 37.2 Å². The zero-order valence-corrected chi connectivity index (χ0v) is 12.4. The monoisotopic (exact) mass is 288 g/mol. The van der Waals surface area contributed by atoms with Crippen molar-refractivity contribution < 1.29 is 13.9 Å². The maximum absolute atomic E-state index is 11.9. The smallest absolute Gasteiger partial charge is 0.262 e. The van der Waals surface area contributed by atoms with Gasteiger partial charge in [-0.2, -0.15) is 5.26 Å². The van der Waals surface area contributed by atoms with Crippen LogP contribution in [-0.4, -0.2) is 26.2 Å². The van der Waals surface area contributed by atoms with Crippen LogP contribution in [0.3, 0.4) is 0 Å². The van der Waals surface area contributed by atoms with E-state index < -0.39 is 0 Å². The maximum Gasteiger partial charge on any atom is 0.262 e. The molecule has 0 saturated heterocycles. The van der Waals surface area contributed by atoms with Gasteiger partial charge in [0.1, 0.15) is 23.2 Å². The summed E-state index contributed by atoms with van der Waals surface area (Å²) in [6.07, 6.45) is 3.34. The van der Waals surface area contributed by atoms with Gasteiger partial charge in [0, 0.05) is 32.3 Å². The molecule has 1 heterocycles. The summed E-state index contributed by atoms with van der Waals surface area (Å²) in [7, 11) is 1.61.